The van der Waals surface area contributed by atoms with Gasteiger partial charge in [0, 0.05) is 18.0 Å². The molecule has 1 heterocycles. The molecule has 0 radical (unpaired) electrons. The highest BCUT2D eigenvalue weighted by molar-refractivity contribution is 5.26. The maximum atomic E-state index is 9.43. The molecule has 0 aromatic carbocycles. The number of hydrogen-bond donors (Lipinski definition) is 2. The van der Waals surface area contributed by atoms with Gasteiger partial charge in [0.05, 0.1) is 0 Å². The summed E-state index contributed by atoms with van der Waals surface area (Å²) in [5.74, 6) is 2.28. The van der Waals surface area contributed by atoms with Crippen LogP contribution in [-0.4, -0.2) is 10.1 Å². The van der Waals surface area contributed by atoms with Crippen LogP contribution < -0.4 is 0 Å². The number of rotatable bonds is 1. The number of terminal acetylenes is 1. The van der Waals surface area contributed by atoms with Gasteiger partial charge in [-0.1, -0.05) is 5.92 Å². The average molecular weight is 135 g/mol. The molecule has 0 saturated heterocycles. The highest BCUT2D eigenvalue weighted by Crippen LogP contribution is 2.17. The average Bonchev–Trinajstić information content (AvgIpc) is 2.38. The van der Waals surface area contributed by atoms with Gasteiger partial charge >= 0.3 is 0 Å². The van der Waals surface area contributed by atoms with Crippen LogP contribution in [0.1, 0.15) is 12.5 Å². The minimum Gasteiger partial charge on any atom is -0.374 e. The Kier molecular flexibility index (Phi) is 1.52. The molecule has 0 fully saturated rings. The largest absolute Gasteiger partial charge is 0.374 e. The smallest absolute Gasteiger partial charge is 0.149 e. The van der Waals surface area contributed by atoms with Gasteiger partial charge in [-0.25, -0.2) is 0 Å². The molecular weight excluding hydrogens is 126 g/mol. The molecule has 0 aliphatic carbocycles. The van der Waals surface area contributed by atoms with Crippen molar-refractivity contribution >= 4 is 0 Å². The molecule has 1 atom stereocenters. The van der Waals surface area contributed by atoms with Crippen molar-refractivity contribution in [1.29, 1.82) is 0 Å². The minimum absolute atomic E-state index is 0.718. The highest BCUT2D eigenvalue weighted by Gasteiger charge is 2.18. The Bertz CT molecular complexity index is 241. The lowest BCUT2D eigenvalue weighted by atomic mass is 10.0. The Morgan fingerprint density at radius 2 is 2.50 bits per heavy atom. The fourth-order valence-electron chi connectivity index (χ4n) is 0.710. The van der Waals surface area contributed by atoms with Crippen molar-refractivity contribution in [3.05, 3.63) is 24.0 Å². The summed E-state index contributed by atoms with van der Waals surface area (Å²) in [4.78, 5) is 2.81. The van der Waals surface area contributed by atoms with Crippen LogP contribution in [0.5, 0.6) is 0 Å². The predicted octanol–water partition coefficient (Wildman–Crippen LogP) is 0.855. The fraction of sp³-hybridized carbons (Fsp3) is 0.250. The van der Waals surface area contributed by atoms with Gasteiger partial charge in [-0.2, -0.15) is 0 Å². The number of nitrogens with one attached hydrogen (secondary N) is 1. The maximum Gasteiger partial charge on any atom is 0.149 e. The lowest BCUT2D eigenvalue weighted by molar-refractivity contribution is 0.122. The van der Waals surface area contributed by atoms with Gasteiger partial charge in [0.25, 0.3) is 0 Å². The first-order chi connectivity index (χ1) is 4.67. The third-order valence-electron chi connectivity index (χ3n) is 1.44. The summed E-state index contributed by atoms with van der Waals surface area (Å²) >= 11 is 0. The first-order valence-electron chi connectivity index (χ1n) is 3.00. The molecule has 2 N–H and O–H groups in total. The second-order valence-electron chi connectivity index (χ2n) is 2.32. The van der Waals surface area contributed by atoms with Crippen LogP contribution >= 0.6 is 0 Å². The van der Waals surface area contributed by atoms with E-state index in [1.807, 2.05) is 0 Å². The van der Waals surface area contributed by atoms with E-state index in [-0.39, 0.29) is 0 Å². The molecule has 10 heavy (non-hydrogen) atoms. The van der Waals surface area contributed by atoms with Crippen LogP contribution in [0.4, 0.5) is 0 Å². The lowest BCUT2D eigenvalue weighted by Crippen LogP contribution is -2.16. The second-order valence-corrected chi connectivity index (χ2v) is 2.32. The van der Waals surface area contributed by atoms with Crippen LogP contribution in [0.15, 0.2) is 18.5 Å². The summed E-state index contributed by atoms with van der Waals surface area (Å²) in [5, 5.41) is 9.43. The van der Waals surface area contributed by atoms with Crippen molar-refractivity contribution in [2.45, 2.75) is 12.5 Å². The van der Waals surface area contributed by atoms with Crippen molar-refractivity contribution < 1.29 is 5.11 Å². The SMILES string of the molecule is C#CC(C)(O)c1cc[nH]c1. The van der Waals surface area contributed by atoms with Crippen molar-refractivity contribution in [3.63, 3.8) is 0 Å². The number of hydrogen-bond acceptors (Lipinski definition) is 1. The number of aliphatic hydroxyl groups is 1. The zero-order valence-electron chi connectivity index (χ0n) is 5.76. The van der Waals surface area contributed by atoms with Gasteiger partial charge in [-0.05, 0) is 13.0 Å². The van der Waals surface area contributed by atoms with Crippen LogP contribution in [0.25, 0.3) is 0 Å². The van der Waals surface area contributed by atoms with Gasteiger partial charge in [0.2, 0.25) is 0 Å². The molecule has 0 aliphatic heterocycles. The predicted molar refractivity (Wildman–Crippen MR) is 39.2 cm³/mol. The molecular formula is C8H9NO. The minimum atomic E-state index is -1.14. The molecule has 1 aromatic rings. The Labute approximate surface area is 59.9 Å². The zero-order chi connectivity index (χ0) is 7.61. The van der Waals surface area contributed by atoms with Gasteiger partial charge in [-0.3, -0.25) is 0 Å². The summed E-state index contributed by atoms with van der Waals surface area (Å²) in [7, 11) is 0. The van der Waals surface area contributed by atoms with Crippen molar-refractivity contribution in [3.8, 4) is 12.3 Å². The standard InChI is InChI=1S/C8H9NO/c1-3-8(2,10)7-4-5-9-6-7/h1,4-6,9-10H,2H3. The summed E-state index contributed by atoms with van der Waals surface area (Å²) < 4.78 is 0. The summed E-state index contributed by atoms with van der Waals surface area (Å²) in [6.07, 6.45) is 8.49. The van der Waals surface area contributed by atoms with Crippen molar-refractivity contribution in [2.75, 3.05) is 0 Å². The number of aromatic nitrogens is 1. The molecule has 52 valence electrons. The molecule has 0 aliphatic rings. The molecule has 1 rings (SSSR count). The van der Waals surface area contributed by atoms with Crippen molar-refractivity contribution in [1.82, 2.24) is 4.98 Å². The van der Waals surface area contributed by atoms with Gasteiger partial charge in [-0.15, -0.1) is 6.42 Å². The molecule has 1 aromatic heterocycles. The van der Waals surface area contributed by atoms with E-state index in [1.165, 1.54) is 0 Å². The Hall–Kier alpha value is -1.20. The van der Waals surface area contributed by atoms with E-state index in [2.05, 4.69) is 10.9 Å². The van der Waals surface area contributed by atoms with E-state index in [9.17, 15) is 5.11 Å². The Morgan fingerprint density at radius 1 is 1.80 bits per heavy atom. The quantitative estimate of drug-likeness (QED) is 0.550. The fourth-order valence-corrected chi connectivity index (χ4v) is 0.710. The Balaban J connectivity index is 2.99. The molecule has 2 heteroatoms. The summed E-state index contributed by atoms with van der Waals surface area (Å²) in [6.45, 7) is 1.58. The highest BCUT2D eigenvalue weighted by atomic mass is 16.3. The monoisotopic (exact) mass is 135 g/mol. The maximum absolute atomic E-state index is 9.43. The van der Waals surface area contributed by atoms with Crippen LogP contribution in [0.3, 0.4) is 0 Å². The van der Waals surface area contributed by atoms with Crippen LogP contribution in [0, 0.1) is 12.3 Å². The molecule has 0 bridgehead atoms. The third kappa shape index (κ3) is 1.04. The topological polar surface area (TPSA) is 36.0 Å². The van der Waals surface area contributed by atoms with E-state index in [1.54, 1.807) is 25.4 Å². The summed E-state index contributed by atoms with van der Waals surface area (Å²) in [5.41, 5.74) is -0.421. The molecule has 0 spiro atoms. The van der Waals surface area contributed by atoms with Crippen LogP contribution in [0.2, 0.25) is 0 Å². The number of H-pyrrole nitrogens is 1. The second kappa shape index (κ2) is 2.20. The van der Waals surface area contributed by atoms with Gasteiger partial charge < -0.3 is 10.1 Å². The normalized spacial score (nSPS) is 15.7. The first kappa shape index (κ1) is 6.91. The summed E-state index contributed by atoms with van der Waals surface area (Å²) in [6, 6.07) is 1.75. The van der Waals surface area contributed by atoms with Crippen molar-refractivity contribution in [2.24, 2.45) is 0 Å². The van der Waals surface area contributed by atoms with E-state index in [4.69, 9.17) is 6.42 Å². The van der Waals surface area contributed by atoms with E-state index in [0.717, 1.165) is 5.56 Å². The number of aromatic amines is 1. The van der Waals surface area contributed by atoms with Crippen LogP contribution in [-0.2, 0) is 5.60 Å². The molecule has 1 unspecified atom stereocenters. The first-order valence-corrected chi connectivity index (χ1v) is 3.00. The van der Waals surface area contributed by atoms with E-state index < -0.39 is 5.60 Å². The van der Waals surface area contributed by atoms with Gasteiger partial charge in [0.15, 0.2) is 0 Å². The Morgan fingerprint density at radius 3 is 2.90 bits per heavy atom. The lowest BCUT2D eigenvalue weighted by Gasteiger charge is -2.12. The zero-order valence-corrected chi connectivity index (χ0v) is 5.76. The van der Waals surface area contributed by atoms with Gasteiger partial charge in [0.1, 0.15) is 5.60 Å². The molecule has 0 saturated carbocycles. The molecule has 2 nitrogen and oxygen atoms in total. The molecule has 0 amide bonds. The van der Waals surface area contributed by atoms with E-state index in [0.29, 0.717) is 0 Å². The van der Waals surface area contributed by atoms with E-state index >= 15 is 0 Å². The third-order valence-corrected chi connectivity index (χ3v) is 1.44.